The molecule has 2 aromatic heterocycles. The van der Waals surface area contributed by atoms with Crippen LogP contribution in [-0.2, 0) is 13.1 Å². The minimum atomic E-state index is 0.498. The number of hydrogen-bond acceptors (Lipinski definition) is 4. The van der Waals surface area contributed by atoms with Gasteiger partial charge in [-0.3, -0.25) is 4.90 Å². The van der Waals surface area contributed by atoms with Crippen LogP contribution in [0.4, 0.5) is 0 Å². The molecule has 6 heteroatoms. The highest BCUT2D eigenvalue weighted by Crippen LogP contribution is 2.28. The normalized spacial score (nSPS) is 15.0. The van der Waals surface area contributed by atoms with Crippen molar-refractivity contribution < 1.29 is 4.74 Å². The Morgan fingerprint density at radius 2 is 1.93 bits per heavy atom. The zero-order chi connectivity index (χ0) is 18.8. The molecule has 0 spiro atoms. The van der Waals surface area contributed by atoms with Crippen molar-refractivity contribution in [2.24, 2.45) is 0 Å². The van der Waals surface area contributed by atoms with Gasteiger partial charge in [0.05, 0.1) is 23.9 Å². The molecule has 1 saturated heterocycles. The number of ether oxygens (including phenoxy) is 1. The van der Waals surface area contributed by atoms with E-state index in [1.165, 1.54) is 5.56 Å². The number of likely N-dealkylation sites (tertiary alicyclic amines) is 1. The third kappa shape index (κ3) is 3.64. The smallest absolute Gasteiger partial charge is 0.119 e. The van der Waals surface area contributed by atoms with E-state index in [4.69, 9.17) is 9.72 Å². The molecule has 0 amide bonds. The molecule has 5 rings (SSSR count). The van der Waals surface area contributed by atoms with Crippen molar-refractivity contribution in [1.29, 1.82) is 0 Å². The van der Waals surface area contributed by atoms with Crippen LogP contribution in [0.1, 0.15) is 17.3 Å². The van der Waals surface area contributed by atoms with Crippen molar-refractivity contribution in [3.63, 3.8) is 0 Å². The lowest BCUT2D eigenvalue weighted by Gasteiger charge is -2.38. The van der Waals surface area contributed by atoms with Gasteiger partial charge in [-0.15, -0.1) is 0 Å². The maximum atomic E-state index is 5.81. The van der Waals surface area contributed by atoms with Crippen LogP contribution in [0.15, 0.2) is 67.3 Å². The fraction of sp³-hybridized carbons (Fsp3) is 0.273. The van der Waals surface area contributed by atoms with E-state index in [1.807, 2.05) is 22.9 Å². The average molecular weight is 373 g/mol. The molecule has 0 saturated carbocycles. The number of rotatable bonds is 7. The van der Waals surface area contributed by atoms with Gasteiger partial charge in [-0.1, -0.05) is 24.3 Å². The summed E-state index contributed by atoms with van der Waals surface area (Å²) in [6.45, 7) is 4.50. The largest absolute Gasteiger partial charge is 0.492 e. The van der Waals surface area contributed by atoms with Gasteiger partial charge in [-0.2, -0.15) is 0 Å². The van der Waals surface area contributed by atoms with Crippen LogP contribution in [0.5, 0.6) is 5.75 Å². The second-order valence-corrected chi connectivity index (χ2v) is 7.32. The highest BCUT2D eigenvalue weighted by molar-refractivity contribution is 5.74. The van der Waals surface area contributed by atoms with E-state index in [-0.39, 0.29) is 0 Å². The van der Waals surface area contributed by atoms with Crippen LogP contribution in [0.25, 0.3) is 11.0 Å². The monoisotopic (exact) mass is 373 g/mol. The second-order valence-electron chi connectivity index (χ2n) is 7.32. The van der Waals surface area contributed by atoms with E-state index in [1.54, 1.807) is 12.5 Å². The lowest BCUT2D eigenvalue weighted by Crippen LogP contribution is -2.44. The number of fused-ring (bicyclic) bond motifs is 1. The molecule has 0 unspecified atom stereocenters. The molecule has 3 heterocycles. The third-order valence-corrected chi connectivity index (χ3v) is 5.26. The van der Waals surface area contributed by atoms with E-state index in [2.05, 4.69) is 51.3 Å². The molecule has 28 heavy (non-hydrogen) atoms. The standard InChI is InChI=1S/C22H23N5O/c1-2-4-21-20(3-1)24-22(25-21)18-14-27(15-18)13-17-5-7-19(8-6-17)28-12-11-26-10-9-23-16-26/h1-10,16,18H,11-15H2,(H,24,25). The van der Waals surface area contributed by atoms with E-state index in [0.29, 0.717) is 12.5 Å². The fourth-order valence-corrected chi connectivity index (χ4v) is 3.67. The van der Waals surface area contributed by atoms with Gasteiger partial charge < -0.3 is 14.3 Å². The Balaban J connectivity index is 1.10. The second kappa shape index (κ2) is 7.48. The summed E-state index contributed by atoms with van der Waals surface area (Å²) in [5, 5.41) is 0. The van der Waals surface area contributed by atoms with Crippen molar-refractivity contribution >= 4 is 11.0 Å². The predicted molar refractivity (Wildman–Crippen MR) is 108 cm³/mol. The lowest BCUT2D eigenvalue weighted by molar-refractivity contribution is 0.135. The number of nitrogens with one attached hydrogen (secondary N) is 1. The van der Waals surface area contributed by atoms with Gasteiger partial charge in [0.15, 0.2) is 0 Å². The first-order valence-corrected chi connectivity index (χ1v) is 9.68. The maximum Gasteiger partial charge on any atom is 0.119 e. The predicted octanol–water partition coefficient (Wildman–Crippen LogP) is 3.44. The summed E-state index contributed by atoms with van der Waals surface area (Å²) < 4.78 is 7.82. The molecular formula is C22H23N5O. The Labute approximate surface area is 163 Å². The fourth-order valence-electron chi connectivity index (χ4n) is 3.67. The molecule has 1 N–H and O–H groups in total. The van der Waals surface area contributed by atoms with Gasteiger partial charge >= 0.3 is 0 Å². The lowest BCUT2D eigenvalue weighted by atomic mass is 9.98. The number of hydrogen-bond donors (Lipinski definition) is 1. The zero-order valence-electron chi connectivity index (χ0n) is 15.7. The quantitative estimate of drug-likeness (QED) is 0.539. The van der Waals surface area contributed by atoms with E-state index >= 15 is 0 Å². The molecule has 0 bridgehead atoms. The first-order chi connectivity index (χ1) is 13.8. The zero-order valence-corrected chi connectivity index (χ0v) is 15.7. The summed E-state index contributed by atoms with van der Waals surface area (Å²) in [5.74, 6) is 2.52. The molecule has 4 aromatic rings. The molecule has 2 aromatic carbocycles. The third-order valence-electron chi connectivity index (χ3n) is 5.26. The van der Waals surface area contributed by atoms with Gasteiger partial charge in [-0.05, 0) is 29.8 Å². The summed E-state index contributed by atoms with van der Waals surface area (Å²) in [5.41, 5.74) is 3.49. The average Bonchev–Trinajstić information content (AvgIpc) is 3.35. The molecule has 1 aliphatic heterocycles. The van der Waals surface area contributed by atoms with Crippen LogP contribution in [-0.4, -0.2) is 44.1 Å². The molecule has 0 radical (unpaired) electrons. The van der Waals surface area contributed by atoms with Gasteiger partial charge in [-0.25, -0.2) is 9.97 Å². The van der Waals surface area contributed by atoms with Gasteiger partial charge in [0.25, 0.3) is 0 Å². The number of benzene rings is 2. The van der Waals surface area contributed by atoms with Gasteiger partial charge in [0, 0.05) is 37.9 Å². The van der Waals surface area contributed by atoms with Crippen LogP contribution in [0, 0.1) is 0 Å². The Morgan fingerprint density at radius 3 is 2.71 bits per heavy atom. The van der Waals surface area contributed by atoms with Crippen LogP contribution >= 0.6 is 0 Å². The molecule has 1 aliphatic rings. The Bertz CT molecular complexity index is 999. The van der Waals surface area contributed by atoms with Crippen molar-refractivity contribution in [2.45, 2.75) is 19.0 Å². The number of nitrogens with zero attached hydrogens (tertiary/aromatic N) is 4. The highest BCUT2D eigenvalue weighted by Gasteiger charge is 2.30. The summed E-state index contributed by atoms with van der Waals surface area (Å²) >= 11 is 0. The van der Waals surface area contributed by atoms with Gasteiger partial charge in [0.1, 0.15) is 18.2 Å². The van der Waals surface area contributed by atoms with Crippen molar-refractivity contribution in [3.8, 4) is 5.75 Å². The Hall–Kier alpha value is -3.12. The highest BCUT2D eigenvalue weighted by atomic mass is 16.5. The Morgan fingerprint density at radius 1 is 1.07 bits per heavy atom. The molecule has 6 nitrogen and oxygen atoms in total. The Kier molecular flexibility index (Phi) is 4.54. The molecule has 0 aliphatic carbocycles. The van der Waals surface area contributed by atoms with Crippen molar-refractivity contribution in [1.82, 2.24) is 24.4 Å². The summed E-state index contributed by atoms with van der Waals surface area (Å²) in [6, 6.07) is 16.6. The summed E-state index contributed by atoms with van der Waals surface area (Å²) in [7, 11) is 0. The van der Waals surface area contributed by atoms with Crippen LogP contribution in [0.2, 0.25) is 0 Å². The minimum Gasteiger partial charge on any atom is -0.492 e. The molecule has 142 valence electrons. The van der Waals surface area contributed by atoms with E-state index in [0.717, 1.165) is 48.8 Å². The number of H-pyrrole nitrogens is 1. The molecular weight excluding hydrogens is 350 g/mol. The SMILES string of the molecule is c1ccc2[nH]c(C3CN(Cc4ccc(OCCn5ccnc5)cc4)C3)nc2c1. The first-order valence-electron chi connectivity index (χ1n) is 9.68. The number of para-hydroxylation sites is 2. The van der Waals surface area contributed by atoms with E-state index in [9.17, 15) is 0 Å². The van der Waals surface area contributed by atoms with Crippen molar-refractivity contribution in [3.05, 3.63) is 78.6 Å². The first kappa shape index (κ1) is 17.0. The number of aromatic amines is 1. The van der Waals surface area contributed by atoms with E-state index < -0.39 is 0 Å². The number of imidazole rings is 2. The molecule has 1 fully saturated rings. The summed E-state index contributed by atoms with van der Waals surface area (Å²) in [6.07, 6.45) is 5.53. The number of aromatic nitrogens is 4. The minimum absolute atomic E-state index is 0.498. The maximum absolute atomic E-state index is 5.81. The van der Waals surface area contributed by atoms with Crippen LogP contribution in [0.3, 0.4) is 0 Å². The van der Waals surface area contributed by atoms with Crippen molar-refractivity contribution in [2.75, 3.05) is 19.7 Å². The molecule has 0 atom stereocenters. The van der Waals surface area contributed by atoms with Crippen LogP contribution < -0.4 is 4.74 Å². The van der Waals surface area contributed by atoms with Gasteiger partial charge in [0.2, 0.25) is 0 Å². The topological polar surface area (TPSA) is 59.0 Å². The summed E-state index contributed by atoms with van der Waals surface area (Å²) in [4.78, 5) is 14.7.